The van der Waals surface area contributed by atoms with Crippen LogP contribution >= 0.6 is 34.8 Å². The van der Waals surface area contributed by atoms with Crippen LogP contribution in [0.25, 0.3) is 0 Å². The molecule has 0 bridgehead atoms. The number of carbonyl (C=O) groups is 2. The summed E-state index contributed by atoms with van der Waals surface area (Å²) in [5.74, 6) is -0.278. The maximum absolute atomic E-state index is 12.1. The Morgan fingerprint density at radius 1 is 1.00 bits per heavy atom. The Bertz CT molecular complexity index is 1040. The SMILES string of the molecule is O=C(COc1cc(Cl)c(Cl)cc1Cl)NCc1cccc(NC(=O)Cn2cccn2)c1. The van der Waals surface area contributed by atoms with Gasteiger partial charge in [-0.3, -0.25) is 14.3 Å². The van der Waals surface area contributed by atoms with Crippen LogP contribution < -0.4 is 15.4 Å². The smallest absolute Gasteiger partial charge is 0.258 e. The number of hydrogen-bond donors (Lipinski definition) is 2. The lowest BCUT2D eigenvalue weighted by Crippen LogP contribution is -2.28. The largest absolute Gasteiger partial charge is 0.482 e. The van der Waals surface area contributed by atoms with E-state index >= 15 is 0 Å². The van der Waals surface area contributed by atoms with Crippen molar-refractivity contribution in [1.82, 2.24) is 15.1 Å². The summed E-state index contributed by atoms with van der Waals surface area (Å²) in [5.41, 5.74) is 1.44. The molecule has 0 radical (unpaired) electrons. The van der Waals surface area contributed by atoms with Gasteiger partial charge in [0, 0.05) is 30.7 Å². The molecule has 0 aliphatic heterocycles. The molecule has 0 unspecified atom stereocenters. The van der Waals surface area contributed by atoms with Crippen molar-refractivity contribution in [2.24, 2.45) is 0 Å². The van der Waals surface area contributed by atoms with Crippen LogP contribution in [0.5, 0.6) is 5.75 Å². The molecule has 1 heterocycles. The molecule has 0 atom stereocenters. The molecule has 0 fully saturated rings. The van der Waals surface area contributed by atoms with Crippen molar-refractivity contribution in [1.29, 1.82) is 0 Å². The van der Waals surface area contributed by atoms with Crippen LogP contribution in [-0.4, -0.2) is 28.2 Å². The van der Waals surface area contributed by atoms with Gasteiger partial charge in [-0.1, -0.05) is 46.9 Å². The van der Waals surface area contributed by atoms with Crippen LogP contribution in [0, 0.1) is 0 Å². The lowest BCUT2D eigenvalue weighted by molar-refractivity contribution is -0.123. The van der Waals surface area contributed by atoms with Gasteiger partial charge in [-0.25, -0.2) is 0 Å². The highest BCUT2D eigenvalue weighted by atomic mass is 35.5. The number of rotatable bonds is 8. The van der Waals surface area contributed by atoms with Crippen molar-refractivity contribution in [2.75, 3.05) is 11.9 Å². The van der Waals surface area contributed by atoms with Gasteiger partial charge in [-0.2, -0.15) is 5.10 Å². The van der Waals surface area contributed by atoms with Crippen molar-refractivity contribution >= 4 is 52.3 Å². The molecule has 0 saturated carbocycles. The molecular formula is C20H17Cl3N4O3. The number of amides is 2. The van der Waals surface area contributed by atoms with E-state index in [4.69, 9.17) is 39.5 Å². The Kier molecular flexibility index (Phi) is 7.57. The normalized spacial score (nSPS) is 10.5. The summed E-state index contributed by atoms with van der Waals surface area (Å²) in [4.78, 5) is 24.1. The van der Waals surface area contributed by atoms with Crippen LogP contribution in [0.1, 0.15) is 5.56 Å². The first-order valence-electron chi connectivity index (χ1n) is 8.81. The maximum Gasteiger partial charge on any atom is 0.258 e. The van der Waals surface area contributed by atoms with E-state index in [-0.39, 0.29) is 47.3 Å². The number of benzene rings is 2. The number of halogens is 3. The third kappa shape index (κ3) is 6.38. The fourth-order valence-electron chi connectivity index (χ4n) is 2.51. The van der Waals surface area contributed by atoms with E-state index in [1.165, 1.54) is 16.8 Å². The van der Waals surface area contributed by atoms with Gasteiger partial charge >= 0.3 is 0 Å². The molecule has 2 amide bonds. The zero-order valence-corrected chi connectivity index (χ0v) is 17.8. The van der Waals surface area contributed by atoms with Crippen molar-refractivity contribution in [2.45, 2.75) is 13.1 Å². The maximum atomic E-state index is 12.1. The minimum atomic E-state index is -0.342. The molecule has 30 heavy (non-hydrogen) atoms. The summed E-state index contributed by atoms with van der Waals surface area (Å²) in [5, 5.41) is 10.4. The number of nitrogens with zero attached hydrogens (tertiary/aromatic N) is 2. The van der Waals surface area contributed by atoms with Gasteiger partial charge in [-0.05, 0) is 29.8 Å². The van der Waals surface area contributed by atoms with Crippen LogP contribution in [0.15, 0.2) is 54.9 Å². The fraction of sp³-hybridized carbons (Fsp3) is 0.150. The molecule has 7 nitrogen and oxygen atoms in total. The average molecular weight is 468 g/mol. The van der Waals surface area contributed by atoms with E-state index in [1.807, 2.05) is 6.07 Å². The van der Waals surface area contributed by atoms with Gasteiger partial charge in [0.05, 0.1) is 15.1 Å². The van der Waals surface area contributed by atoms with E-state index < -0.39 is 0 Å². The third-order valence-electron chi connectivity index (χ3n) is 3.90. The highest BCUT2D eigenvalue weighted by Crippen LogP contribution is 2.33. The van der Waals surface area contributed by atoms with E-state index in [1.54, 1.807) is 36.7 Å². The number of nitrogens with one attached hydrogen (secondary N) is 2. The first-order chi connectivity index (χ1) is 14.4. The molecule has 3 aromatic rings. The summed E-state index contributed by atoms with van der Waals surface area (Å²) in [7, 11) is 0. The Balaban J connectivity index is 1.48. The molecule has 0 aliphatic carbocycles. The summed E-state index contributed by atoms with van der Waals surface area (Å²) in [6, 6.07) is 11.8. The van der Waals surface area contributed by atoms with Crippen LogP contribution in [0.3, 0.4) is 0 Å². The Hall–Kier alpha value is -2.74. The van der Waals surface area contributed by atoms with Crippen molar-refractivity contribution in [3.63, 3.8) is 0 Å². The van der Waals surface area contributed by atoms with Gasteiger partial charge in [-0.15, -0.1) is 0 Å². The van der Waals surface area contributed by atoms with Crippen molar-refractivity contribution in [3.8, 4) is 5.75 Å². The molecule has 0 aliphatic rings. The minimum absolute atomic E-state index is 0.114. The highest BCUT2D eigenvalue weighted by Gasteiger charge is 2.10. The molecular weight excluding hydrogens is 451 g/mol. The van der Waals surface area contributed by atoms with E-state index in [2.05, 4.69) is 15.7 Å². The number of carbonyl (C=O) groups excluding carboxylic acids is 2. The quantitative estimate of drug-likeness (QED) is 0.487. The summed E-state index contributed by atoms with van der Waals surface area (Å²) in [6.07, 6.45) is 3.31. The topological polar surface area (TPSA) is 85.3 Å². The molecule has 0 saturated heterocycles. The van der Waals surface area contributed by atoms with Crippen molar-refractivity contribution in [3.05, 3.63) is 75.5 Å². The molecule has 1 aromatic heterocycles. The molecule has 2 aromatic carbocycles. The molecule has 156 valence electrons. The van der Waals surface area contributed by atoms with Gasteiger partial charge in [0.2, 0.25) is 5.91 Å². The molecule has 3 rings (SSSR count). The summed E-state index contributed by atoms with van der Waals surface area (Å²) < 4.78 is 6.92. The lowest BCUT2D eigenvalue weighted by Gasteiger charge is -2.11. The van der Waals surface area contributed by atoms with Crippen LogP contribution in [-0.2, 0) is 22.7 Å². The monoisotopic (exact) mass is 466 g/mol. The standard InChI is InChI=1S/C20H17Cl3N4O3/c21-15-8-17(23)18(9-16(15)22)30-12-20(29)24-10-13-3-1-4-14(7-13)26-19(28)11-27-6-2-5-25-27/h1-9H,10-12H2,(H,24,29)(H,26,28). The van der Waals surface area contributed by atoms with Crippen LogP contribution in [0.2, 0.25) is 15.1 Å². The van der Waals surface area contributed by atoms with E-state index in [9.17, 15) is 9.59 Å². The van der Waals surface area contributed by atoms with Crippen LogP contribution in [0.4, 0.5) is 5.69 Å². The van der Waals surface area contributed by atoms with Crippen molar-refractivity contribution < 1.29 is 14.3 Å². The second-order valence-corrected chi connectivity index (χ2v) is 7.44. The fourth-order valence-corrected chi connectivity index (χ4v) is 3.10. The number of hydrogen-bond acceptors (Lipinski definition) is 4. The lowest BCUT2D eigenvalue weighted by atomic mass is 10.2. The first-order valence-corrected chi connectivity index (χ1v) is 9.94. The van der Waals surface area contributed by atoms with E-state index in [0.717, 1.165) is 5.56 Å². The van der Waals surface area contributed by atoms with Gasteiger partial charge < -0.3 is 15.4 Å². The Labute approximate surface area is 187 Å². The van der Waals surface area contributed by atoms with Gasteiger partial charge in [0.15, 0.2) is 6.61 Å². The van der Waals surface area contributed by atoms with Gasteiger partial charge in [0.25, 0.3) is 5.91 Å². The predicted octanol–water partition coefficient (Wildman–Crippen LogP) is 4.18. The molecule has 2 N–H and O–H groups in total. The minimum Gasteiger partial charge on any atom is -0.482 e. The van der Waals surface area contributed by atoms with E-state index in [0.29, 0.717) is 10.7 Å². The molecule has 10 heteroatoms. The third-order valence-corrected chi connectivity index (χ3v) is 4.92. The average Bonchev–Trinajstić information content (AvgIpc) is 3.21. The predicted molar refractivity (Wildman–Crippen MR) is 116 cm³/mol. The summed E-state index contributed by atoms with van der Waals surface area (Å²) in [6.45, 7) is 0.140. The second-order valence-electron chi connectivity index (χ2n) is 6.21. The Morgan fingerprint density at radius 2 is 1.80 bits per heavy atom. The molecule has 0 spiro atoms. The van der Waals surface area contributed by atoms with Gasteiger partial charge in [0.1, 0.15) is 12.3 Å². The zero-order valence-electron chi connectivity index (χ0n) is 15.6. The highest BCUT2D eigenvalue weighted by molar-refractivity contribution is 6.43. The Morgan fingerprint density at radius 3 is 2.57 bits per heavy atom. The number of aromatic nitrogens is 2. The summed E-state index contributed by atoms with van der Waals surface area (Å²) >= 11 is 17.8. The number of anilines is 1. The zero-order chi connectivity index (χ0) is 21.5. The number of ether oxygens (including phenoxy) is 1. The second kappa shape index (κ2) is 10.3. The first kappa shape index (κ1) is 22.0.